The molecule has 0 unspecified atom stereocenters. The van der Waals surface area contributed by atoms with Crippen LogP contribution < -0.4 is 19.7 Å². The van der Waals surface area contributed by atoms with Crippen LogP contribution in [0.2, 0.25) is 0 Å². The van der Waals surface area contributed by atoms with E-state index in [4.69, 9.17) is 14.7 Å². The lowest BCUT2D eigenvalue weighted by molar-refractivity contribution is -0.124. The van der Waals surface area contributed by atoms with E-state index in [1.807, 2.05) is 13.0 Å². The van der Waals surface area contributed by atoms with E-state index < -0.39 is 15.9 Å². The minimum Gasteiger partial charge on any atom is -0.493 e. The number of hydrogen-bond acceptors (Lipinski definition) is 6. The molecule has 3 N–H and O–H groups in total. The Kier molecular flexibility index (Phi) is 7.16. The van der Waals surface area contributed by atoms with Crippen LogP contribution in [0.4, 0.5) is 0 Å². The highest BCUT2D eigenvalue weighted by molar-refractivity contribution is 7.89. The molecule has 0 radical (unpaired) electrons. The van der Waals surface area contributed by atoms with E-state index in [1.165, 1.54) is 30.8 Å². The Bertz CT molecular complexity index is 986. The molecule has 0 atom stereocenters. The summed E-state index contributed by atoms with van der Waals surface area (Å²) in [4.78, 5) is 11.1. The molecule has 1 amide bonds. The molecule has 2 aromatic carbocycles. The third-order valence-electron chi connectivity index (χ3n) is 3.90. The number of amides is 1. The van der Waals surface area contributed by atoms with E-state index >= 15 is 0 Å². The molecule has 0 saturated carbocycles. The van der Waals surface area contributed by atoms with Crippen LogP contribution in [0.1, 0.15) is 16.7 Å². The minimum atomic E-state index is -3.78. The van der Waals surface area contributed by atoms with E-state index in [0.29, 0.717) is 17.1 Å². The van der Waals surface area contributed by atoms with Crippen LogP contribution >= 0.6 is 0 Å². The fourth-order valence-corrected chi connectivity index (χ4v) is 3.66. The molecule has 0 aromatic heterocycles. The van der Waals surface area contributed by atoms with Crippen molar-refractivity contribution in [1.82, 2.24) is 10.2 Å². The van der Waals surface area contributed by atoms with Crippen LogP contribution in [0.5, 0.6) is 11.5 Å². The number of carbonyl (C=O) groups is 1. The average molecular weight is 406 g/mol. The molecule has 0 saturated heterocycles. The van der Waals surface area contributed by atoms with Gasteiger partial charge in [-0.25, -0.2) is 18.6 Å². The van der Waals surface area contributed by atoms with Gasteiger partial charge in [-0.1, -0.05) is 18.2 Å². The normalized spacial score (nSPS) is 11.4. The van der Waals surface area contributed by atoms with E-state index in [2.05, 4.69) is 4.72 Å². The first-order chi connectivity index (χ1) is 13.3. The molecular formula is C19H22N2O6S. The van der Waals surface area contributed by atoms with Crippen LogP contribution in [0.25, 0.3) is 6.08 Å². The largest absolute Gasteiger partial charge is 0.493 e. The lowest BCUT2D eigenvalue weighted by Gasteiger charge is -2.13. The van der Waals surface area contributed by atoms with Gasteiger partial charge in [-0.3, -0.25) is 10.0 Å². The summed E-state index contributed by atoms with van der Waals surface area (Å²) in [5, 5.41) is 8.49. The molecule has 0 heterocycles. The van der Waals surface area contributed by atoms with E-state index in [9.17, 15) is 13.2 Å². The van der Waals surface area contributed by atoms with E-state index in [1.54, 1.807) is 25.3 Å². The van der Waals surface area contributed by atoms with Crippen molar-refractivity contribution in [3.8, 4) is 11.5 Å². The number of carbonyl (C=O) groups excluding carboxylic acids is 1. The standard InChI is InChI=1S/C19H22N2O6S/c1-13-9-15(11-17(26-2)19(13)27-3)12-20-28(24,25)16-6-4-5-14(10-16)7-8-18(22)21-23/h4-11,20,23H,12H2,1-3H3,(H,21,22)/b8-7+. The molecule has 0 fully saturated rings. The summed E-state index contributed by atoms with van der Waals surface area (Å²) in [5.41, 5.74) is 3.50. The molecule has 150 valence electrons. The lowest BCUT2D eigenvalue weighted by Crippen LogP contribution is -2.23. The van der Waals surface area contributed by atoms with Crippen LogP contribution in [-0.2, 0) is 21.4 Å². The molecule has 0 bridgehead atoms. The Morgan fingerprint density at radius 2 is 1.93 bits per heavy atom. The predicted octanol–water partition coefficient (Wildman–Crippen LogP) is 2.01. The number of benzene rings is 2. The maximum atomic E-state index is 12.6. The van der Waals surface area contributed by atoms with Gasteiger partial charge in [-0.2, -0.15) is 0 Å². The van der Waals surface area contributed by atoms with Gasteiger partial charge < -0.3 is 9.47 Å². The second-order valence-electron chi connectivity index (χ2n) is 5.85. The molecule has 9 heteroatoms. The van der Waals surface area contributed by atoms with Crippen molar-refractivity contribution in [2.24, 2.45) is 0 Å². The van der Waals surface area contributed by atoms with Gasteiger partial charge in [-0.15, -0.1) is 0 Å². The Morgan fingerprint density at radius 1 is 1.18 bits per heavy atom. The summed E-state index contributed by atoms with van der Waals surface area (Å²) < 4.78 is 38.3. The van der Waals surface area contributed by atoms with Crippen molar-refractivity contribution in [2.75, 3.05) is 14.2 Å². The molecule has 0 aliphatic rings. The van der Waals surface area contributed by atoms with Crippen LogP contribution in [0, 0.1) is 6.92 Å². The monoisotopic (exact) mass is 406 g/mol. The van der Waals surface area contributed by atoms with Crippen LogP contribution in [-0.4, -0.2) is 33.8 Å². The first-order valence-electron chi connectivity index (χ1n) is 8.24. The molecule has 0 aliphatic carbocycles. The number of sulfonamides is 1. The van der Waals surface area contributed by atoms with Crippen molar-refractivity contribution in [2.45, 2.75) is 18.4 Å². The smallest absolute Gasteiger partial charge is 0.267 e. The SMILES string of the molecule is COc1cc(CNS(=O)(=O)c2cccc(/C=C/C(=O)NO)c2)cc(C)c1OC. The van der Waals surface area contributed by atoms with Gasteiger partial charge in [0.25, 0.3) is 5.91 Å². The average Bonchev–Trinajstić information content (AvgIpc) is 2.70. The first-order valence-corrected chi connectivity index (χ1v) is 9.72. The van der Waals surface area contributed by atoms with E-state index in [-0.39, 0.29) is 11.4 Å². The summed E-state index contributed by atoms with van der Waals surface area (Å²) in [6.07, 6.45) is 2.48. The zero-order valence-corrected chi connectivity index (χ0v) is 16.5. The van der Waals surface area contributed by atoms with Crippen molar-refractivity contribution < 1.29 is 27.9 Å². The Balaban J connectivity index is 2.20. The third-order valence-corrected chi connectivity index (χ3v) is 5.30. The molecule has 8 nitrogen and oxygen atoms in total. The quantitative estimate of drug-likeness (QED) is 0.351. The highest BCUT2D eigenvalue weighted by atomic mass is 32.2. The zero-order chi connectivity index (χ0) is 20.7. The summed E-state index contributed by atoms with van der Waals surface area (Å²) in [7, 11) is -0.723. The number of aryl methyl sites for hydroxylation is 1. The van der Waals surface area contributed by atoms with Gasteiger partial charge in [0.1, 0.15) is 0 Å². The first kappa shape index (κ1) is 21.4. The Morgan fingerprint density at radius 3 is 2.57 bits per heavy atom. The van der Waals surface area contributed by atoms with Gasteiger partial charge in [0.2, 0.25) is 10.0 Å². The highest BCUT2D eigenvalue weighted by Gasteiger charge is 2.15. The fraction of sp³-hybridized carbons (Fsp3) is 0.211. The maximum absolute atomic E-state index is 12.6. The third kappa shape index (κ3) is 5.32. The van der Waals surface area contributed by atoms with Crippen molar-refractivity contribution in [3.05, 3.63) is 59.2 Å². The molecule has 28 heavy (non-hydrogen) atoms. The van der Waals surface area contributed by atoms with Crippen LogP contribution in [0.3, 0.4) is 0 Å². The number of nitrogens with one attached hydrogen (secondary N) is 2. The van der Waals surface area contributed by atoms with Gasteiger partial charge >= 0.3 is 0 Å². The summed E-state index contributed by atoms with van der Waals surface area (Å²) in [5.74, 6) is 0.404. The number of ether oxygens (including phenoxy) is 2. The molecule has 0 spiro atoms. The van der Waals surface area contributed by atoms with Gasteiger partial charge in [-0.05, 0) is 47.9 Å². The molecule has 2 aromatic rings. The van der Waals surface area contributed by atoms with Gasteiger partial charge in [0.15, 0.2) is 11.5 Å². The van der Waals surface area contributed by atoms with Crippen molar-refractivity contribution >= 4 is 22.0 Å². The number of hydroxylamine groups is 1. The Labute approximate surface area is 163 Å². The van der Waals surface area contributed by atoms with Crippen molar-refractivity contribution in [1.29, 1.82) is 0 Å². The maximum Gasteiger partial charge on any atom is 0.267 e. The lowest BCUT2D eigenvalue weighted by atomic mass is 10.1. The topological polar surface area (TPSA) is 114 Å². The zero-order valence-electron chi connectivity index (χ0n) is 15.7. The second-order valence-corrected chi connectivity index (χ2v) is 7.62. The second kappa shape index (κ2) is 9.36. The summed E-state index contributed by atoms with van der Waals surface area (Å²) >= 11 is 0. The molecule has 2 rings (SSSR count). The predicted molar refractivity (Wildman–Crippen MR) is 104 cm³/mol. The molecule has 0 aliphatic heterocycles. The molecular weight excluding hydrogens is 384 g/mol. The summed E-state index contributed by atoms with van der Waals surface area (Å²) in [6, 6.07) is 9.59. The number of rotatable bonds is 8. The van der Waals surface area contributed by atoms with Crippen LogP contribution in [0.15, 0.2) is 47.4 Å². The fourth-order valence-electron chi connectivity index (χ4n) is 2.59. The minimum absolute atomic E-state index is 0.0521. The number of methoxy groups -OCH3 is 2. The van der Waals surface area contributed by atoms with E-state index in [0.717, 1.165) is 17.2 Å². The number of hydrogen-bond donors (Lipinski definition) is 3. The summed E-state index contributed by atoms with van der Waals surface area (Å²) in [6.45, 7) is 1.91. The van der Waals surface area contributed by atoms with Gasteiger partial charge in [0, 0.05) is 12.6 Å². The van der Waals surface area contributed by atoms with Gasteiger partial charge in [0.05, 0.1) is 19.1 Å². The highest BCUT2D eigenvalue weighted by Crippen LogP contribution is 2.32. The van der Waals surface area contributed by atoms with Crippen molar-refractivity contribution in [3.63, 3.8) is 0 Å². The Hall–Kier alpha value is -2.88.